The van der Waals surface area contributed by atoms with Crippen molar-refractivity contribution >= 4 is 12.4 Å². The fourth-order valence-electron chi connectivity index (χ4n) is 2.08. The van der Waals surface area contributed by atoms with Crippen LogP contribution in [0, 0.1) is 0 Å². The van der Waals surface area contributed by atoms with Crippen molar-refractivity contribution in [2.24, 2.45) is 12.8 Å². The minimum atomic E-state index is 0. The van der Waals surface area contributed by atoms with E-state index in [2.05, 4.69) is 39.5 Å². The van der Waals surface area contributed by atoms with Crippen molar-refractivity contribution in [1.29, 1.82) is 0 Å². The highest BCUT2D eigenvalue weighted by molar-refractivity contribution is 5.85. The predicted octanol–water partition coefficient (Wildman–Crippen LogP) is 1.24. The van der Waals surface area contributed by atoms with Gasteiger partial charge >= 0.3 is 0 Å². The highest BCUT2D eigenvalue weighted by Gasteiger charge is 2.08. The Hall–Kier alpha value is -1.43. The number of aryl methyl sites for hydroxylation is 1. The van der Waals surface area contributed by atoms with E-state index in [1.54, 1.807) is 4.68 Å². The number of rotatable bonds is 7. The molecule has 0 bridgehead atoms. The molecule has 0 aliphatic heterocycles. The van der Waals surface area contributed by atoms with Gasteiger partial charge in [-0.15, -0.1) is 17.5 Å². The van der Waals surface area contributed by atoms with Crippen molar-refractivity contribution in [2.45, 2.75) is 13.0 Å². The highest BCUT2D eigenvalue weighted by Crippen LogP contribution is 2.04. The summed E-state index contributed by atoms with van der Waals surface area (Å²) in [5, 5.41) is 8.08. The molecule has 110 valence electrons. The summed E-state index contributed by atoms with van der Waals surface area (Å²) in [7, 11) is 1.88. The molecule has 0 fully saturated rings. The van der Waals surface area contributed by atoms with Crippen LogP contribution in [-0.2, 0) is 20.0 Å². The molecule has 0 aliphatic carbocycles. The molecule has 0 spiro atoms. The first-order chi connectivity index (χ1) is 9.28. The summed E-state index contributed by atoms with van der Waals surface area (Å²) in [4.78, 5) is 2.32. The summed E-state index contributed by atoms with van der Waals surface area (Å²) in [5.74, 6) is 0. The van der Waals surface area contributed by atoms with E-state index in [9.17, 15) is 0 Å². The molecule has 20 heavy (non-hydrogen) atoms. The summed E-state index contributed by atoms with van der Waals surface area (Å²) < 4.78 is 1.73. The molecule has 0 aliphatic rings. The van der Waals surface area contributed by atoms with Gasteiger partial charge in [0.15, 0.2) is 0 Å². The van der Waals surface area contributed by atoms with Gasteiger partial charge in [-0.25, -0.2) is 0 Å². The van der Waals surface area contributed by atoms with Gasteiger partial charge in [0.2, 0.25) is 0 Å². The molecular weight excluding hydrogens is 274 g/mol. The van der Waals surface area contributed by atoms with E-state index in [4.69, 9.17) is 5.73 Å². The van der Waals surface area contributed by atoms with Crippen LogP contribution in [0.25, 0.3) is 0 Å². The van der Waals surface area contributed by atoms with E-state index in [1.165, 1.54) is 5.56 Å². The van der Waals surface area contributed by atoms with E-state index < -0.39 is 0 Å². The lowest BCUT2D eigenvalue weighted by molar-refractivity contribution is 0.273. The molecule has 2 rings (SSSR count). The van der Waals surface area contributed by atoms with Gasteiger partial charge in [0.05, 0.1) is 5.69 Å². The molecule has 2 aromatic rings. The Bertz CT molecular complexity index is 485. The van der Waals surface area contributed by atoms with Gasteiger partial charge in [-0.1, -0.05) is 35.5 Å². The standard InChI is InChI=1S/C14H21N5.ClH/c1-18-11-14(16-17-18)12-19(10-8-15)9-7-13-5-3-2-4-6-13;/h2-6,11H,7-10,12,15H2,1H3;1H. The van der Waals surface area contributed by atoms with Crippen molar-refractivity contribution < 1.29 is 0 Å². The molecule has 5 nitrogen and oxygen atoms in total. The van der Waals surface area contributed by atoms with Crippen LogP contribution in [-0.4, -0.2) is 39.5 Å². The van der Waals surface area contributed by atoms with Gasteiger partial charge in [0.25, 0.3) is 0 Å². The average molecular weight is 296 g/mol. The smallest absolute Gasteiger partial charge is 0.0967 e. The zero-order valence-electron chi connectivity index (χ0n) is 11.8. The van der Waals surface area contributed by atoms with Crippen molar-refractivity contribution in [3.05, 3.63) is 47.8 Å². The van der Waals surface area contributed by atoms with Gasteiger partial charge in [-0.3, -0.25) is 9.58 Å². The number of halogens is 1. The summed E-state index contributed by atoms with van der Waals surface area (Å²) in [6.07, 6.45) is 2.98. The average Bonchev–Trinajstić information content (AvgIpc) is 2.83. The molecule has 0 saturated heterocycles. The number of nitrogens with two attached hydrogens (primary N) is 1. The Morgan fingerprint density at radius 1 is 1.20 bits per heavy atom. The largest absolute Gasteiger partial charge is 0.329 e. The summed E-state index contributed by atoms with van der Waals surface area (Å²) in [6, 6.07) is 10.5. The molecule has 0 saturated carbocycles. The van der Waals surface area contributed by atoms with Gasteiger partial charge in [-0.2, -0.15) is 0 Å². The van der Waals surface area contributed by atoms with E-state index in [1.807, 2.05) is 19.3 Å². The molecule has 1 aromatic heterocycles. The number of hydrogen-bond donors (Lipinski definition) is 1. The Labute approximate surface area is 126 Å². The number of nitrogens with zero attached hydrogens (tertiary/aromatic N) is 4. The number of hydrogen-bond acceptors (Lipinski definition) is 4. The van der Waals surface area contributed by atoms with Gasteiger partial charge in [0.1, 0.15) is 0 Å². The van der Waals surface area contributed by atoms with E-state index in [0.717, 1.165) is 31.7 Å². The SMILES string of the molecule is Cl.Cn1cc(CN(CCN)CCc2ccccc2)nn1. The van der Waals surface area contributed by atoms with Crippen LogP contribution in [0.5, 0.6) is 0 Å². The number of aromatic nitrogens is 3. The Balaban J connectivity index is 0.00000200. The number of benzene rings is 1. The monoisotopic (exact) mass is 295 g/mol. The molecule has 0 radical (unpaired) electrons. The van der Waals surface area contributed by atoms with Crippen LogP contribution in [0.3, 0.4) is 0 Å². The van der Waals surface area contributed by atoms with Crippen LogP contribution in [0.1, 0.15) is 11.3 Å². The Morgan fingerprint density at radius 2 is 1.95 bits per heavy atom. The van der Waals surface area contributed by atoms with Crippen LogP contribution in [0.2, 0.25) is 0 Å². The van der Waals surface area contributed by atoms with Crippen LogP contribution in [0.4, 0.5) is 0 Å². The molecule has 0 unspecified atom stereocenters. The molecule has 0 amide bonds. The van der Waals surface area contributed by atoms with Crippen LogP contribution < -0.4 is 5.73 Å². The van der Waals surface area contributed by atoms with E-state index in [0.29, 0.717) is 6.54 Å². The lowest BCUT2D eigenvalue weighted by Gasteiger charge is -2.20. The van der Waals surface area contributed by atoms with Gasteiger partial charge in [0, 0.05) is 39.4 Å². The maximum absolute atomic E-state index is 5.67. The van der Waals surface area contributed by atoms with E-state index >= 15 is 0 Å². The maximum atomic E-state index is 5.67. The highest BCUT2D eigenvalue weighted by atomic mass is 35.5. The predicted molar refractivity (Wildman–Crippen MR) is 82.7 cm³/mol. The minimum Gasteiger partial charge on any atom is -0.329 e. The molecule has 2 N–H and O–H groups in total. The molecule has 6 heteroatoms. The molecule has 0 atom stereocenters. The second kappa shape index (κ2) is 8.68. The third kappa shape index (κ3) is 5.28. The first-order valence-corrected chi connectivity index (χ1v) is 6.59. The second-order valence-electron chi connectivity index (χ2n) is 4.68. The summed E-state index contributed by atoms with van der Waals surface area (Å²) in [5.41, 5.74) is 8.01. The van der Waals surface area contributed by atoms with Crippen molar-refractivity contribution in [1.82, 2.24) is 19.9 Å². The molecular formula is C14H22ClN5. The van der Waals surface area contributed by atoms with Crippen molar-refractivity contribution in [3.63, 3.8) is 0 Å². The fraction of sp³-hybridized carbons (Fsp3) is 0.429. The van der Waals surface area contributed by atoms with Crippen molar-refractivity contribution in [3.8, 4) is 0 Å². The summed E-state index contributed by atoms with van der Waals surface area (Å²) in [6.45, 7) is 3.33. The quantitative estimate of drug-likeness (QED) is 0.835. The fourth-order valence-corrected chi connectivity index (χ4v) is 2.08. The lowest BCUT2D eigenvalue weighted by Crippen LogP contribution is -2.31. The third-order valence-electron chi connectivity index (χ3n) is 3.04. The topological polar surface area (TPSA) is 60.0 Å². The second-order valence-corrected chi connectivity index (χ2v) is 4.68. The van der Waals surface area contributed by atoms with Gasteiger partial charge in [-0.05, 0) is 12.0 Å². The maximum Gasteiger partial charge on any atom is 0.0967 e. The van der Waals surface area contributed by atoms with Gasteiger partial charge < -0.3 is 5.73 Å². The Morgan fingerprint density at radius 3 is 2.55 bits per heavy atom. The normalized spacial score (nSPS) is 10.6. The Kier molecular flexibility index (Phi) is 7.22. The first-order valence-electron chi connectivity index (χ1n) is 6.59. The van der Waals surface area contributed by atoms with Crippen molar-refractivity contribution in [2.75, 3.05) is 19.6 Å². The first kappa shape index (κ1) is 16.6. The molecule has 1 aromatic carbocycles. The van der Waals surface area contributed by atoms with Crippen LogP contribution >= 0.6 is 12.4 Å². The summed E-state index contributed by atoms with van der Waals surface area (Å²) >= 11 is 0. The molecule has 1 heterocycles. The third-order valence-corrected chi connectivity index (χ3v) is 3.04. The minimum absolute atomic E-state index is 0. The zero-order chi connectivity index (χ0) is 13.5. The van der Waals surface area contributed by atoms with Crippen LogP contribution in [0.15, 0.2) is 36.5 Å². The zero-order valence-corrected chi connectivity index (χ0v) is 12.6. The van der Waals surface area contributed by atoms with E-state index in [-0.39, 0.29) is 12.4 Å². The lowest BCUT2D eigenvalue weighted by atomic mass is 10.1.